The number of methoxy groups -OCH3 is 1. The highest BCUT2D eigenvalue weighted by Crippen LogP contribution is 2.40. The van der Waals surface area contributed by atoms with Crippen molar-refractivity contribution in [3.05, 3.63) is 59.0 Å². The number of carbonyl (C=O) groups is 2. The molecule has 9 heteroatoms. The van der Waals surface area contributed by atoms with Gasteiger partial charge in [0.1, 0.15) is 5.75 Å². The van der Waals surface area contributed by atoms with E-state index in [1.165, 1.54) is 30.6 Å². The Balaban J connectivity index is 1.44. The Morgan fingerprint density at radius 1 is 1.03 bits per heavy atom. The lowest BCUT2D eigenvalue weighted by molar-refractivity contribution is -0.124. The number of ether oxygens (including phenoxy) is 1. The maximum absolute atomic E-state index is 12.9. The normalized spacial score (nSPS) is 19.5. The molecule has 2 aromatic rings. The third kappa shape index (κ3) is 5.47. The van der Waals surface area contributed by atoms with Crippen LogP contribution in [0.4, 0.5) is 10.5 Å². The van der Waals surface area contributed by atoms with E-state index < -0.39 is 10.0 Å². The van der Waals surface area contributed by atoms with E-state index in [-0.39, 0.29) is 21.5 Å². The summed E-state index contributed by atoms with van der Waals surface area (Å²) >= 11 is 0.955. The maximum Gasteiger partial charge on any atom is 0.293 e. The van der Waals surface area contributed by atoms with Crippen LogP contribution in [0.5, 0.6) is 5.75 Å². The molecule has 2 fully saturated rings. The van der Waals surface area contributed by atoms with Crippen LogP contribution in [0, 0.1) is 5.41 Å². The lowest BCUT2D eigenvalue weighted by atomic mass is 9.75. The minimum Gasteiger partial charge on any atom is -0.497 e. The van der Waals surface area contributed by atoms with E-state index in [2.05, 4.69) is 11.6 Å². The molecule has 1 N–H and O–H groups in total. The molecule has 0 spiro atoms. The zero-order valence-corrected chi connectivity index (χ0v) is 20.9. The molecule has 4 rings (SSSR count). The summed E-state index contributed by atoms with van der Waals surface area (Å²) in [7, 11) is -2.23. The number of hydrogen-bond acceptors (Lipinski definition) is 6. The van der Waals surface area contributed by atoms with E-state index in [9.17, 15) is 18.0 Å². The summed E-state index contributed by atoms with van der Waals surface area (Å²) < 4.78 is 32.8. The van der Waals surface area contributed by atoms with E-state index in [1.807, 2.05) is 0 Å². The Morgan fingerprint density at radius 2 is 1.68 bits per heavy atom. The van der Waals surface area contributed by atoms with Crippen LogP contribution in [0.15, 0.2) is 58.3 Å². The van der Waals surface area contributed by atoms with Gasteiger partial charge in [-0.05, 0) is 78.1 Å². The fourth-order valence-electron chi connectivity index (χ4n) is 4.35. The van der Waals surface area contributed by atoms with Gasteiger partial charge < -0.3 is 4.74 Å². The molecule has 1 saturated carbocycles. The number of thioether (sulfide) groups is 1. The van der Waals surface area contributed by atoms with Crippen molar-refractivity contribution in [2.75, 3.05) is 18.4 Å². The summed E-state index contributed by atoms with van der Waals surface area (Å²) in [5.74, 6) is 0.312. The largest absolute Gasteiger partial charge is 0.497 e. The smallest absolute Gasteiger partial charge is 0.293 e. The van der Waals surface area contributed by atoms with Gasteiger partial charge in [0.15, 0.2) is 0 Å². The first-order valence-corrected chi connectivity index (χ1v) is 13.5. The van der Waals surface area contributed by atoms with Crippen molar-refractivity contribution >= 4 is 44.7 Å². The number of nitrogens with zero attached hydrogens (tertiary/aromatic N) is 1. The van der Waals surface area contributed by atoms with Gasteiger partial charge in [0.2, 0.25) is 0 Å². The van der Waals surface area contributed by atoms with Gasteiger partial charge in [-0.1, -0.05) is 38.3 Å². The monoisotopic (exact) mass is 500 g/mol. The highest BCUT2D eigenvalue weighted by molar-refractivity contribution is 8.18. The van der Waals surface area contributed by atoms with Crippen LogP contribution in [-0.2, 0) is 14.8 Å². The molecule has 2 aliphatic rings. The number of hydrogen-bond donors (Lipinski definition) is 1. The van der Waals surface area contributed by atoms with Gasteiger partial charge in [-0.3, -0.25) is 19.2 Å². The van der Waals surface area contributed by atoms with Crippen molar-refractivity contribution in [2.24, 2.45) is 5.41 Å². The highest BCUT2D eigenvalue weighted by Gasteiger charge is 2.40. The summed E-state index contributed by atoms with van der Waals surface area (Å²) in [6, 6.07) is 12.8. The number of benzene rings is 2. The summed E-state index contributed by atoms with van der Waals surface area (Å²) in [5, 5.41) is -0.230. The van der Waals surface area contributed by atoms with E-state index >= 15 is 0 Å². The fourth-order valence-corrected chi connectivity index (χ4v) is 6.25. The lowest BCUT2D eigenvalue weighted by Gasteiger charge is -2.35. The molecule has 2 aromatic carbocycles. The molecule has 0 unspecified atom stereocenters. The van der Waals surface area contributed by atoms with Crippen molar-refractivity contribution < 1.29 is 22.7 Å². The summed E-state index contributed by atoms with van der Waals surface area (Å²) in [6.07, 6.45) is 7.22. The first-order valence-electron chi connectivity index (χ1n) is 11.2. The first-order chi connectivity index (χ1) is 16.2. The number of anilines is 1. The van der Waals surface area contributed by atoms with Crippen molar-refractivity contribution in [1.29, 1.82) is 0 Å². The molecule has 0 atom stereocenters. The summed E-state index contributed by atoms with van der Waals surface area (Å²) in [5.41, 5.74) is 1.09. The van der Waals surface area contributed by atoms with Crippen molar-refractivity contribution in [2.45, 2.75) is 43.9 Å². The van der Waals surface area contributed by atoms with Gasteiger partial charge >= 0.3 is 0 Å². The van der Waals surface area contributed by atoms with Gasteiger partial charge in [0.05, 0.1) is 16.9 Å². The Morgan fingerprint density at radius 3 is 2.29 bits per heavy atom. The van der Waals surface area contributed by atoms with Crippen LogP contribution in [0.25, 0.3) is 6.08 Å². The summed E-state index contributed by atoms with van der Waals surface area (Å²) in [4.78, 5) is 27.3. The number of amides is 2. The number of rotatable bonds is 7. The molecule has 2 amide bonds. The molecule has 34 heavy (non-hydrogen) atoms. The zero-order valence-electron chi connectivity index (χ0n) is 19.2. The lowest BCUT2D eigenvalue weighted by Crippen LogP contribution is -2.39. The predicted molar refractivity (Wildman–Crippen MR) is 134 cm³/mol. The highest BCUT2D eigenvalue weighted by atomic mass is 32.2. The average molecular weight is 501 g/mol. The van der Waals surface area contributed by atoms with Crippen LogP contribution in [0.3, 0.4) is 0 Å². The standard InChI is InChI=1S/C25H28N2O5S2/c1-25(14-4-3-5-15-25)17-27-23(28)22(33-24(27)29)16-18-6-8-19(9-7-18)26-34(30,31)21-12-10-20(32-2)11-13-21/h6-13,16,26H,3-5,14-15,17H2,1-2H3/b22-16+. The molecule has 1 heterocycles. The Bertz CT molecular complexity index is 1200. The summed E-state index contributed by atoms with van der Waals surface area (Å²) in [6.45, 7) is 2.62. The Labute approximate surface area is 204 Å². The third-order valence-corrected chi connectivity index (χ3v) is 8.61. The van der Waals surface area contributed by atoms with Gasteiger partial charge in [0, 0.05) is 12.2 Å². The number of sulfonamides is 1. The number of carbonyl (C=O) groups excluding carboxylic acids is 2. The molecule has 1 aliphatic heterocycles. The maximum atomic E-state index is 12.9. The second-order valence-electron chi connectivity index (χ2n) is 9.04. The molecule has 0 radical (unpaired) electrons. The molecule has 0 bridgehead atoms. The molecular formula is C25H28N2O5S2. The molecule has 1 saturated heterocycles. The minimum absolute atomic E-state index is 0.0116. The van der Waals surface area contributed by atoms with Crippen LogP contribution < -0.4 is 9.46 Å². The van der Waals surface area contributed by atoms with E-state index in [0.717, 1.165) is 37.4 Å². The first kappa shape index (κ1) is 24.3. The van der Waals surface area contributed by atoms with Gasteiger partial charge in [0.25, 0.3) is 21.2 Å². The minimum atomic E-state index is -3.75. The van der Waals surface area contributed by atoms with Crippen LogP contribution in [-0.4, -0.2) is 38.1 Å². The van der Waals surface area contributed by atoms with E-state index in [0.29, 0.717) is 28.5 Å². The molecule has 180 valence electrons. The van der Waals surface area contributed by atoms with Crippen molar-refractivity contribution in [3.8, 4) is 5.75 Å². The topological polar surface area (TPSA) is 92.8 Å². The second kappa shape index (κ2) is 9.84. The Kier molecular flexibility index (Phi) is 7.04. The SMILES string of the molecule is COc1ccc(S(=O)(=O)Nc2ccc(/C=C3/SC(=O)N(CC4(C)CCCCC4)C3=O)cc2)cc1. The molecule has 7 nitrogen and oxygen atoms in total. The Hall–Kier alpha value is -2.78. The van der Waals surface area contributed by atoms with Crippen molar-refractivity contribution in [1.82, 2.24) is 4.90 Å². The van der Waals surface area contributed by atoms with E-state index in [4.69, 9.17) is 4.74 Å². The quantitative estimate of drug-likeness (QED) is 0.505. The molecule has 0 aromatic heterocycles. The third-order valence-electron chi connectivity index (χ3n) is 6.30. The van der Waals surface area contributed by atoms with Crippen LogP contribution in [0.2, 0.25) is 0 Å². The molecule has 1 aliphatic carbocycles. The predicted octanol–water partition coefficient (Wildman–Crippen LogP) is 5.50. The van der Waals surface area contributed by atoms with Crippen molar-refractivity contribution in [3.63, 3.8) is 0 Å². The number of nitrogens with one attached hydrogen (secondary N) is 1. The second-order valence-corrected chi connectivity index (χ2v) is 11.7. The fraction of sp³-hybridized carbons (Fsp3) is 0.360. The van der Waals surface area contributed by atoms with Crippen LogP contribution >= 0.6 is 11.8 Å². The molecular weight excluding hydrogens is 472 g/mol. The van der Waals surface area contributed by atoms with Crippen LogP contribution in [0.1, 0.15) is 44.6 Å². The van der Waals surface area contributed by atoms with Gasteiger partial charge in [-0.25, -0.2) is 8.42 Å². The zero-order chi connectivity index (χ0) is 24.3. The average Bonchev–Trinajstić information content (AvgIpc) is 3.07. The van der Waals surface area contributed by atoms with Gasteiger partial charge in [-0.2, -0.15) is 0 Å². The number of imide groups is 1. The van der Waals surface area contributed by atoms with Gasteiger partial charge in [-0.15, -0.1) is 0 Å². The van der Waals surface area contributed by atoms with E-state index in [1.54, 1.807) is 42.5 Å².